The molecule has 2 heteroatoms. The van der Waals surface area contributed by atoms with Gasteiger partial charge in [0.1, 0.15) is 0 Å². The van der Waals surface area contributed by atoms with Crippen molar-refractivity contribution in [1.29, 1.82) is 0 Å². The van der Waals surface area contributed by atoms with Crippen LogP contribution < -0.4 is 5.32 Å². The molecule has 0 atom stereocenters. The zero-order valence-corrected chi connectivity index (χ0v) is 12.1. The molecule has 0 saturated heterocycles. The molecule has 1 aliphatic carbocycles. The number of hydrogen-bond acceptors (Lipinski definition) is 2. The summed E-state index contributed by atoms with van der Waals surface area (Å²) in [5, 5.41) is 4.60. The monoisotopic (exact) mass is 254 g/mol. The van der Waals surface area contributed by atoms with Crippen molar-refractivity contribution in [2.24, 2.45) is 0 Å². The lowest BCUT2D eigenvalue weighted by molar-refractivity contribution is 0.688. The molecule has 0 fully saturated rings. The van der Waals surface area contributed by atoms with Gasteiger partial charge in [0.05, 0.1) is 5.52 Å². The zero-order chi connectivity index (χ0) is 13.4. The van der Waals surface area contributed by atoms with Gasteiger partial charge in [0.25, 0.3) is 0 Å². The number of aromatic nitrogens is 1. The van der Waals surface area contributed by atoms with Crippen LogP contribution in [-0.2, 0) is 12.8 Å². The van der Waals surface area contributed by atoms with Crippen LogP contribution in [0, 0.1) is 0 Å². The van der Waals surface area contributed by atoms with Gasteiger partial charge >= 0.3 is 0 Å². The van der Waals surface area contributed by atoms with Crippen LogP contribution in [0.2, 0.25) is 0 Å². The fraction of sp³-hybridized carbons (Fsp3) is 0.471. The van der Waals surface area contributed by atoms with Gasteiger partial charge in [-0.25, -0.2) is 0 Å². The van der Waals surface area contributed by atoms with E-state index >= 15 is 0 Å². The van der Waals surface area contributed by atoms with Gasteiger partial charge in [-0.1, -0.05) is 26.0 Å². The SMILES string of the molecule is CNc1cc(C(C)C)nc2c3c(ccc12)CCCC3. The summed E-state index contributed by atoms with van der Waals surface area (Å²) in [6.07, 6.45) is 5.02. The summed E-state index contributed by atoms with van der Waals surface area (Å²) < 4.78 is 0. The predicted octanol–water partition coefficient (Wildman–Crippen LogP) is 4.28. The summed E-state index contributed by atoms with van der Waals surface area (Å²) in [7, 11) is 2.00. The lowest BCUT2D eigenvalue weighted by atomic mass is 9.89. The van der Waals surface area contributed by atoms with Crippen LogP contribution in [0.25, 0.3) is 10.9 Å². The fourth-order valence-electron chi connectivity index (χ4n) is 3.04. The molecule has 19 heavy (non-hydrogen) atoms. The van der Waals surface area contributed by atoms with Gasteiger partial charge in [0, 0.05) is 23.8 Å². The Morgan fingerprint density at radius 1 is 1.16 bits per heavy atom. The van der Waals surface area contributed by atoms with E-state index in [0.29, 0.717) is 5.92 Å². The summed E-state index contributed by atoms with van der Waals surface area (Å²) in [4.78, 5) is 4.96. The van der Waals surface area contributed by atoms with Crippen molar-refractivity contribution in [3.05, 3.63) is 35.0 Å². The molecule has 0 bridgehead atoms. The number of anilines is 1. The summed E-state index contributed by atoms with van der Waals surface area (Å²) >= 11 is 0. The molecule has 0 aliphatic heterocycles. The minimum Gasteiger partial charge on any atom is -0.388 e. The molecule has 1 N–H and O–H groups in total. The largest absolute Gasteiger partial charge is 0.388 e. The molecule has 100 valence electrons. The highest BCUT2D eigenvalue weighted by Gasteiger charge is 2.16. The van der Waals surface area contributed by atoms with Crippen molar-refractivity contribution in [3.63, 3.8) is 0 Å². The topological polar surface area (TPSA) is 24.9 Å². The van der Waals surface area contributed by atoms with Crippen LogP contribution in [0.15, 0.2) is 18.2 Å². The highest BCUT2D eigenvalue weighted by atomic mass is 14.8. The maximum absolute atomic E-state index is 4.96. The molecule has 1 aliphatic rings. The number of aryl methyl sites for hydroxylation is 2. The number of nitrogens with one attached hydrogen (secondary N) is 1. The van der Waals surface area contributed by atoms with Gasteiger partial charge in [-0.3, -0.25) is 4.98 Å². The number of benzene rings is 1. The van der Waals surface area contributed by atoms with Crippen molar-refractivity contribution in [1.82, 2.24) is 4.98 Å². The van der Waals surface area contributed by atoms with E-state index < -0.39 is 0 Å². The van der Waals surface area contributed by atoms with Crippen LogP contribution in [0.5, 0.6) is 0 Å². The summed E-state index contributed by atoms with van der Waals surface area (Å²) in [6.45, 7) is 4.42. The van der Waals surface area contributed by atoms with Crippen LogP contribution in [-0.4, -0.2) is 12.0 Å². The fourth-order valence-corrected chi connectivity index (χ4v) is 3.04. The highest BCUT2D eigenvalue weighted by Crippen LogP contribution is 2.33. The second kappa shape index (κ2) is 4.84. The third kappa shape index (κ3) is 2.09. The lowest BCUT2D eigenvalue weighted by Gasteiger charge is -2.20. The Labute approximate surface area is 115 Å². The standard InChI is InChI=1S/C17H22N2/c1-11(2)15-10-16(18-3)14-9-8-12-6-4-5-7-13(12)17(14)19-15/h8-11H,4-7H2,1-3H3,(H,18,19). The Bertz CT molecular complexity index is 614. The van der Waals surface area contributed by atoms with Gasteiger partial charge in [0.15, 0.2) is 0 Å². The van der Waals surface area contributed by atoms with Gasteiger partial charge in [-0.15, -0.1) is 0 Å². The Morgan fingerprint density at radius 2 is 1.95 bits per heavy atom. The van der Waals surface area contributed by atoms with Gasteiger partial charge < -0.3 is 5.32 Å². The third-order valence-electron chi connectivity index (χ3n) is 4.19. The van der Waals surface area contributed by atoms with E-state index in [4.69, 9.17) is 4.98 Å². The zero-order valence-electron chi connectivity index (χ0n) is 12.1. The molecule has 1 aromatic carbocycles. The molecule has 1 aromatic heterocycles. The summed E-state index contributed by atoms with van der Waals surface area (Å²) in [5.74, 6) is 0.468. The normalized spacial score (nSPS) is 14.7. The molecule has 2 aromatic rings. The second-order valence-corrected chi connectivity index (χ2v) is 5.81. The molecule has 1 heterocycles. The molecular formula is C17H22N2. The summed E-state index contributed by atoms with van der Waals surface area (Å²) in [5.41, 5.74) is 6.63. The average Bonchev–Trinajstić information content (AvgIpc) is 2.45. The molecule has 0 spiro atoms. The number of pyridine rings is 1. The minimum absolute atomic E-state index is 0.468. The maximum atomic E-state index is 4.96. The van der Waals surface area contributed by atoms with Gasteiger partial charge in [0.2, 0.25) is 0 Å². The van der Waals surface area contributed by atoms with Gasteiger partial charge in [-0.2, -0.15) is 0 Å². The molecule has 0 amide bonds. The van der Waals surface area contributed by atoms with E-state index in [1.54, 1.807) is 0 Å². The van der Waals surface area contributed by atoms with Crippen LogP contribution in [0.4, 0.5) is 5.69 Å². The van der Waals surface area contributed by atoms with Crippen LogP contribution in [0.1, 0.15) is 49.4 Å². The second-order valence-electron chi connectivity index (χ2n) is 5.81. The molecule has 0 unspecified atom stereocenters. The van der Waals surface area contributed by atoms with E-state index in [1.165, 1.54) is 59.1 Å². The van der Waals surface area contributed by atoms with Crippen molar-refractivity contribution < 1.29 is 0 Å². The van der Waals surface area contributed by atoms with Crippen molar-refractivity contribution in [3.8, 4) is 0 Å². The van der Waals surface area contributed by atoms with Gasteiger partial charge in [-0.05, 0) is 48.8 Å². The first-order valence-corrected chi connectivity index (χ1v) is 7.34. The van der Waals surface area contributed by atoms with E-state index in [2.05, 4.69) is 37.4 Å². The molecule has 0 saturated carbocycles. The first-order valence-electron chi connectivity index (χ1n) is 7.34. The number of rotatable bonds is 2. The first kappa shape index (κ1) is 12.5. The highest BCUT2D eigenvalue weighted by molar-refractivity contribution is 5.94. The average molecular weight is 254 g/mol. The smallest absolute Gasteiger partial charge is 0.0760 e. The molecule has 2 nitrogen and oxygen atoms in total. The number of hydrogen-bond donors (Lipinski definition) is 1. The van der Waals surface area contributed by atoms with Crippen molar-refractivity contribution >= 4 is 16.6 Å². The number of fused-ring (bicyclic) bond motifs is 3. The Balaban J connectivity index is 2.31. The van der Waals surface area contributed by atoms with Crippen molar-refractivity contribution in [2.75, 3.05) is 12.4 Å². The summed E-state index contributed by atoms with van der Waals surface area (Å²) in [6, 6.07) is 6.74. The third-order valence-corrected chi connectivity index (χ3v) is 4.19. The van der Waals surface area contributed by atoms with E-state index in [0.717, 1.165) is 0 Å². The molecule has 0 radical (unpaired) electrons. The van der Waals surface area contributed by atoms with Crippen molar-refractivity contribution in [2.45, 2.75) is 45.4 Å². The Morgan fingerprint density at radius 3 is 2.68 bits per heavy atom. The Hall–Kier alpha value is -1.57. The van der Waals surface area contributed by atoms with Crippen LogP contribution in [0.3, 0.4) is 0 Å². The quantitative estimate of drug-likeness (QED) is 0.865. The van der Waals surface area contributed by atoms with Crippen LogP contribution >= 0.6 is 0 Å². The minimum atomic E-state index is 0.468. The molecular weight excluding hydrogens is 232 g/mol. The first-order chi connectivity index (χ1) is 9.20. The van der Waals surface area contributed by atoms with E-state index in [1.807, 2.05) is 7.05 Å². The number of nitrogens with zero attached hydrogens (tertiary/aromatic N) is 1. The van der Waals surface area contributed by atoms with E-state index in [9.17, 15) is 0 Å². The predicted molar refractivity (Wildman–Crippen MR) is 82.0 cm³/mol. The van der Waals surface area contributed by atoms with E-state index in [-0.39, 0.29) is 0 Å². The lowest BCUT2D eigenvalue weighted by Crippen LogP contribution is -2.06. The Kier molecular flexibility index (Phi) is 3.17. The maximum Gasteiger partial charge on any atom is 0.0760 e. The molecule has 3 rings (SSSR count).